The Bertz CT molecular complexity index is 290. The third kappa shape index (κ3) is 2.92. The predicted octanol–water partition coefficient (Wildman–Crippen LogP) is 4.28. The van der Waals surface area contributed by atoms with E-state index in [2.05, 4.69) is 12.4 Å². The van der Waals surface area contributed by atoms with Gasteiger partial charge in [0.15, 0.2) is 0 Å². The van der Waals surface area contributed by atoms with Crippen LogP contribution in [0.15, 0.2) is 0 Å². The van der Waals surface area contributed by atoms with E-state index in [0.717, 1.165) is 18.6 Å². The second kappa shape index (κ2) is 6.79. The Morgan fingerprint density at radius 2 is 1.60 bits per heavy atom. The number of hydrogen-bond donors (Lipinski definition) is 1. The van der Waals surface area contributed by atoms with Crippen LogP contribution in [0.5, 0.6) is 0 Å². The van der Waals surface area contributed by atoms with Crippen LogP contribution in [0.3, 0.4) is 0 Å². The first kappa shape index (κ1) is 14.8. The largest absolute Gasteiger partial charge is 0.377 e. The highest BCUT2D eigenvalue weighted by molar-refractivity contribution is 5.08. The molecule has 0 bridgehead atoms. The van der Waals surface area contributed by atoms with Crippen LogP contribution < -0.4 is 5.32 Å². The molecule has 2 atom stereocenters. The summed E-state index contributed by atoms with van der Waals surface area (Å²) in [6.45, 7) is 1.04. The maximum Gasteiger partial charge on any atom is 0.0661 e. The lowest BCUT2D eigenvalue weighted by Crippen LogP contribution is -2.63. The van der Waals surface area contributed by atoms with Crippen LogP contribution in [-0.2, 0) is 4.74 Å². The zero-order valence-corrected chi connectivity index (χ0v) is 13.3. The molecule has 1 spiro atoms. The van der Waals surface area contributed by atoms with Gasteiger partial charge in [0.2, 0.25) is 0 Å². The van der Waals surface area contributed by atoms with Gasteiger partial charge in [-0.25, -0.2) is 0 Å². The minimum absolute atomic E-state index is 0.486. The Morgan fingerprint density at radius 3 is 2.25 bits per heavy atom. The topological polar surface area (TPSA) is 21.3 Å². The third-order valence-electron chi connectivity index (χ3n) is 6.43. The summed E-state index contributed by atoms with van der Waals surface area (Å²) in [5, 5.41) is 3.58. The lowest BCUT2D eigenvalue weighted by Gasteiger charge is -2.56. The average Bonchev–Trinajstić information content (AvgIpc) is 2.75. The van der Waals surface area contributed by atoms with Crippen molar-refractivity contribution in [2.75, 3.05) is 13.7 Å². The molecular weight excluding hydrogens is 246 g/mol. The highest BCUT2D eigenvalue weighted by Gasteiger charge is 2.54. The van der Waals surface area contributed by atoms with Crippen LogP contribution in [0.1, 0.15) is 77.0 Å². The second-order valence-corrected chi connectivity index (χ2v) is 7.55. The molecule has 3 aliphatic carbocycles. The molecule has 3 saturated carbocycles. The molecule has 0 aliphatic heterocycles. The van der Waals surface area contributed by atoms with E-state index in [-0.39, 0.29) is 0 Å². The van der Waals surface area contributed by atoms with Gasteiger partial charge in [0.1, 0.15) is 0 Å². The molecule has 0 aromatic rings. The average molecular weight is 279 g/mol. The monoisotopic (exact) mass is 279 g/mol. The Labute approximate surface area is 125 Å². The maximum atomic E-state index is 6.46. The van der Waals surface area contributed by atoms with E-state index in [4.69, 9.17) is 4.74 Å². The van der Waals surface area contributed by atoms with E-state index >= 15 is 0 Å². The molecule has 3 aliphatic rings. The fourth-order valence-corrected chi connectivity index (χ4v) is 5.05. The number of rotatable bonds is 4. The highest BCUT2D eigenvalue weighted by atomic mass is 16.5. The van der Waals surface area contributed by atoms with Crippen LogP contribution in [0.2, 0.25) is 0 Å². The van der Waals surface area contributed by atoms with Crippen molar-refractivity contribution in [2.24, 2.45) is 11.3 Å². The fourth-order valence-electron chi connectivity index (χ4n) is 5.05. The third-order valence-corrected chi connectivity index (χ3v) is 6.43. The summed E-state index contributed by atoms with van der Waals surface area (Å²) in [4.78, 5) is 0. The normalized spacial score (nSPS) is 34.6. The van der Waals surface area contributed by atoms with Crippen molar-refractivity contribution in [3.8, 4) is 0 Å². The molecule has 2 nitrogen and oxygen atoms in total. The van der Waals surface area contributed by atoms with Gasteiger partial charge in [0, 0.05) is 18.1 Å². The van der Waals surface area contributed by atoms with Crippen molar-refractivity contribution < 1.29 is 4.74 Å². The SMILES string of the molecule is CNC1CC(OCC2CCCCC2)C12CCCCCC2. The van der Waals surface area contributed by atoms with Crippen molar-refractivity contribution >= 4 is 0 Å². The first-order chi connectivity index (χ1) is 9.85. The van der Waals surface area contributed by atoms with Crippen molar-refractivity contribution in [2.45, 2.75) is 89.2 Å². The van der Waals surface area contributed by atoms with Gasteiger partial charge in [-0.05, 0) is 45.1 Å². The Kier molecular flexibility index (Phi) is 5.04. The fraction of sp³-hybridized carbons (Fsp3) is 1.00. The second-order valence-electron chi connectivity index (χ2n) is 7.55. The molecule has 2 heteroatoms. The number of hydrogen-bond acceptors (Lipinski definition) is 2. The van der Waals surface area contributed by atoms with E-state index in [1.807, 2.05) is 0 Å². The molecule has 0 saturated heterocycles. The quantitative estimate of drug-likeness (QED) is 0.829. The smallest absolute Gasteiger partial charge is 0.0661 e. The van der Waals surface area contributed by atoms with Crippen molar-refractivity contribution in [1.29, 1.82) is 0 Å². The van der Waals surface area contributed by atoms with Crippen molar-refractivity contribution in [3.63, 3.8) is 0 Å². The summed E-state index contributed by atoms with van der Waals surface area (Å²) < 4.78 is 6.46. The molecule has 0 radical (unpaired) electrons. The van der Waals surface area contributed by atoms with Gasteiger partial charge in [-0.15, -0.1) is 0 Å². The van der Waals surface area contributed by atoms with Crippen LogP contribution in [0, 0.1) is 11.3 Å². The van der Waals surface area contributed by atoms with Gasteiger partial charge in [-0.1, -0.05) is 44.9 Å². The van der Waals surface area contributed by atoms with Crippen LogP contribution in [0.4, 0.5) is 0 Å². The van der Waals surface area contributed by atoms with E-state index in [1.165, 1.54) is 77.0 Å². The summed E-state index contributed by atoms with van der Waals surface area (Å²) in [7, 11) is 2.15. The molecule has 2 unspecified atom stereocenters. The predicted molar refractivity (Wildman–Crippen MR) is 83.9 cm³/mol. The van der Waals surface area contributed by atoms with E-state index in [1.54, 1.807) is 0 Å². The lowest BCUT2D eigenvalue weighted by atomic mass is 9.58. The molecule has 0 heterocycles. The zero-order valence-electron chi connectivity index (χ0n) is 13.3. The molecular formula is C18H33NO. The van der Waals surface area contributed by atoms with Gasteiger partial charge in [-0.2, -0.15) is 0 Å². The van der Waals surface area contributed by atoms with Crippen LogP contribution >= 0.6 is 0 Å². The van der Waals surface area contributed by atoms with E-state index in [9.17, 15) is 0 Å². The van der Waals surface area contributed by atoms with Gasteiger partial charge in [0.05, 0.1) is 6.10 Å². The lowest BCUT2D eigenvalue weighted by molar-refractivity contribution is -0.150. The Morgan fingerprint density at radius 1 is 0.950 bits per heavy atom. The summed E-state index contributed by atoms with van der Waals surface area (Å²) in [6, 6.07) is 0.719. The zero-order chi connectivity index (χ0) is 13.8. The molecule has 3 fully saturated rings. The maximum absolute atomic E-state index is 6.46. The number of ether oxygens (including phenoxy) is 1. The van der Waals surface area contributed by atoms with E-state index < -0.39 is 0 Å². The van der Waals surface area contributed by atoms with Crippen molar-refractivity contribution in [3.05, 3.63) is 0 Å². The molecule has 1 N–H and O–H groups in total. The standard InChI is InChI=1S/C18H33NO/c1-19-16-13-17(18(16)11-7-2-3-8-12-18)20-14-15-9-5-4-6-10-15/h15-17,19H,2-14H2,1H3. The Balaban J connectivity index is 1.55. The van der Waals surface area contributed by atoms with Crippen LogP contribution in [-0.4, -0.2) is 25.8 Å². The van der Waals surface area contributed by atoms with Crippen molar-refractivity contribution in [1.82, 2.24) is 5.32 Å². The first-order valence-corrected chi connectivity index (χ1v) is 9.14. The van der Waals surface area contributed by atoms with Gasteiger partial charge < -0.3 is 10.1 Å². The van der Waals surface area contributed by atoms with Gasteiger partial charge in [0.25, 0.3) is 0 Å². The molecule has 0 aromatic carbocycles. The highest BCUT2D eigenvalue weighted by Crippen LogP contribution is 2.52. The summed E-state index contributed by atoms with van der Waals surface area (Å²) in [6.07, 6.45) is 17.5. The van der Waals surface area contributed by atoms with E-state index in [0.29, 0.717) is 11.5 Å². The first-order valence-electron chi connectivity index (χ1n) is 9.14. The number of nitrogens with one attached hydrogen (secondary N) is 1. The van der Waals surface area contributed by atoms with Gasteiger partial charge >= 0.3 is 0 Å². The molecule has 20 heavy (non-hydrogen) atoms. The molecule has 116 valence electrons. The summed E-state index contributed by atoms with van der Waals surface area (Å²) in [5.41, 5.74) is 0.486. The van der Waals surface area contributed by atoms with Gasteiger partial charge in [-0.3, -0.25) is 0 Å². The summed E-state index contributed by atoms with van der Waals surface area (Å²) in [5.74, 6) is 0.861. The molecule has 0 amide bonds. The van der Waals surface area contributed by atoms with Crippen LogP contribution in [0.25, 0.3) is 0 Å². The summed E-state index contributed by atoms with van der Waals surface area (Å²) >= 11 is 0. The minimum Gasteiger partial charge on any atom is -0.377 e. The minimum atomic E-state index is 0.486. The molecule has 0 aromatic heterocycles. The molecule has 3 rings (SSSR count). The Hall–Kier alpha value is -0.0800.